The van der Waals surface area contributed by atoms with E-state index in [2.05, 4.69) is 5.32 Å². The van der Waals surface area contributed by atoms with Crippen molar-refractivity contribution in [1.82, 2.24) is 5.32 Å². The largest absolute Gasteiger partial charge is 0.483 e. The van der Waals surface area contributed by atoms with Crippen LogP contribution in [0.25, 0.3) is 10.8 Å². The molecule has 0 aliphatic rings. The quantitative estimate of drug-likeness (QED) is 0.691. The molecule has 0 aliphatic carbocycles. The molecule has 0 bridgehead atoms. The highest BCUT2D eigenvalue weighted by Crippen LogP contribution is 2.24. The van der Waals surface area contributed by atoms with Crippen molar-refractivity contribution in [2.45, 2.75) is 6.92 Å². The first-order valence-electron chi connectivity index (χ1n) is 8.46. The summed E-state index contributed by atoms with van der Waals surface area (Å²) in [7, 11) is 0. The van der Waals surface area contributed by atoms with Crippen molar-refractivity contribution in [3.63, 3.8) is 0 Å². The Morgan fingerprint density at radius 2 is 1.69 bits per heavy atom. The molecule has 0 atom stereocenters. The van der Waals surface area contributed by atoms with E-state index in [1.54, 1.807) is 0 Å². The third-order valence-electron chi connectivity index (χ3n) is 3.98. The minimum Gasteiger partial charge on any atom is -0.483 e. The predicted octanol–water partition coefficient (Wildman–Crippen LogP) is 4.15. The van der Waals surface area contributed by atoms with Gasteiger partial charge in [-0.05, 0) is 42.7 Å². The first-order chi connectivity index (χ1) is 12.7. The Bertz CT molecular complexity index is 907. The lowest BCUT2D eigenvalue weighted by molar-refractivity contribution is -0.121. The summed E-state index contributed by atoms with van der Waals surface area (Å²) in [6.45, 7) is 2.55. The second-order valence-electron chi connectivity index (χ2n) is 5.70. The third kappa shape index (κ3) is 4.18. The van der Waals surface area contributed by atoms with Crippen LogP contribution in [-0.2, 0) is 4.79 Å². The van der Waals surface area contributed by atoms with Gasteiger partial charge in [0.1, 0.15) is 5.75 Å². The molecule has 0 aromatic heterocycles. The zero-order valence-electron chi connectivity index (χ0n) is 14.5. The van der Waals surface area contributed by atoms with Crippen molar-refractivity contribution in [3.8, 4) is 5.75 Å². The number of rotatable bonds is 5. The molecule has 0 unspecified atom stereocenters. The molecule has 1 amide bonds. The van der Waals surface area contributed by atoms with E-state index in [0.717, 1.165) is 16.5 Å². The molecule has 0 saturated carbocycles. The van der Waals surface area contributed by atoms with Gasteiger partial charge in [0.15, 0.2) is 11.7 Å². The van der Waals surface area contributed by atoms with Gasteiger partial charge in [-0.1, -0.05) is 54.6 Å². The van der Waals surface area contributed by atoms with Crippen molar-refractivity contribution in [2.75, 3.05) is 18.1 Å². The number of nitrogens with zero attached hydrogens (tertiary/aromatic N) is 1. The van der Waals surface area contributed by atoms with Crippen LogP contribution in [0.4, 0.5) is 5.69 Å². The van der Waals surface area contributed by atoms with E-state index in [1.165, 1.54) is 0 Å². The monoisotopic (exact) mass is 364 g/mol. The van der Waals surface area contributed by atoms with Crippen LogP contribution in [-0.4, -0.2) is 24.2 Å². The lowest BCUT2D eigenvalue weighted by Gasteiger charge is -2.23. The summed E-state index contributed by atoms with van der Waals surface area (Å²) >= 11 is 5.38. The number of hydrogen-bond donors (Lipinski definition) is 1. The van der Waals surface area contributed by atoms with Crippen LogP contribution in [0.1, 0.15) is 6.92 Å². The molecule has 0 heterocycles. The fraction of sp³-hybridized carbons (Fsp3) is 0.143. The summed E-state index contributed by atoms with van der Waals surface area (Å²) in [5.74, 6) is 0.400. The van der Waals surface area contributed by atoms with E-state index in [-0.39, 0.29) is 12.5 Å². The van der Waals surface area contributed by atoms with Gasteiger partial charge in [-0.15, -0.1) is 0 Å². The number of benzene rings is 3. The molecule has 0 spiro atoms. The second-order valence-corrected chi connectivity index (χ2v) is 6.09. The zero-order chi connectivity index (χ0) is 18.4. The maximum Gasteiger partial charge on any atom is 0.264 e. The summed E-state index contributed by atoms with van der Waals surface area (Å²) in [5.41, 5.74) is 0.940. The topological polar surface area (TPSA) is 41.6 Å². The van der Waals surface area contributed by atoms with Crippen LogP contribution < -0.4 is 15.0 Å². The summed E-state index contributed by atoms with van der Waals surface area (Å²) < 4.78 is 5.71. The Morgan fingerprint density at radius 1 is 1.00 bits per heavy atom. The van der Waals surface area contributed by atoms with Gasteiger partial charge in [0.25, 0.3) is 5.91 Å². The molecule has 0 saturated heterocycles. The van der Waals surface area contributed by atoms with Crippen molar-refractivity contribution in [1.29, 1.82) is 0 Å². The number of thiocarbonyl (C=S) groups is 1. The van der Waals surface area contributed by atoms with Gasteiger partial charge in [-0.2, -0.15) is 0 Å². The van der Waals surface area contributed by atoms with Crippen molar-refractivity contribution >= 4 is 39.7 Å². The van der Waals surface area contributed by atoms with Crippen molar-refractivity contribution < 1.29 is 9.53 Å². The first-order valence-corrected chi connectivity index (χ1v) is 8.87. The Hall–Kier alpha value is -2.92. The number of amides is 1. The highest BCUT2D eigenvalue weighted by atomic mass is 32.1. The van der Waals surface area contributed by atoms with E-state index < -0.39 is 0 Å². The number of para-hydroxylation sites is 1. The van der Waals surface area contributed by atoms with Gasteiger partial charge in [0.05, 0.1) is 0 Å². The van der Waals surface area contributed by atoms with Gasteiger partial charge in [-0.3, -0.25) is 10.1 Å². The number of hydrogen-bond acceptors (Lipinski definition) is 3. The second kappa shape index (κ2) is 8.45. The number of carbonyl (C=O) groups excluding carboxylic acids is 1. The summed E-state index contributed by atoms with van der Waals surface area (Å²) in [5, 5.41) is 5.16. The predicted molar refractivity (Wildman–Crippen MR) is 110 cm³/mol. The molecule has 3 aromatic carbocycles. The Kier molecular flexibility index (Phi) is 5.81. The lowest BCUT2D eigenvalue weighted by Crippen LogP contribution is -2.44. The molecule has 0 fully saturated rings. The van der Waals surface area contributed by atoms with E-state index in [4.69, 9.17) is 17.0 Å². The van der Waals surface area contributed by atoms with Crippen LogP contribution in [0.3, 0.4) is 0 Å². The maximum atomic E-state index is 12.3. The van der Waals surface area contributed by atoms with E-state index >= 15 is 0 Å². The summed E-state index contributed by atoms with van der Waals surface area (Å²) in [6, 6.07) is 23.4. The standard InChI is InChI=1S/C21H20N2O2S/c1-2-23(17-11-4-3-5-12-17)21(26)22-20(24)15-25-19-14-8-10-16-9-6-7-13-18(16)19/h3-14H,2,15H2,1H3,(H,22,24,26). The van der Waals surface area contributed by atoms with Crippen LogP contribution >= 0.6 is 12.2 Å². The molecule has 0 aliphatic heterocycles. The Balaban J connectivity index is 1.62. The van der Waals surface area contributed by atoms with E-state index in [0.29, 0.717) is 17.4 Å². The molecule has 3 aromatic rings. The molecule has 0 radical (unpaired) electrons. The molecule has 3 rings (SSSR count). The fourth-order valence-corrected chi connectivity index (χ4v) is 3.09. The highest BCUT2D eigenvalue weighted by Gasteiger charge is 2.13. The molecule has 132 valence electrons. The Labute approximate surface area is 158 Å². The minimum atomic E-state index is -0.280. The summed E-state index contributed by atoms with van der Waals surface area (Å²) in [4.78, 5) is 14.1. The first kappa shape index (κ1) is 17.9. The van der Waals surface area contributed by atoms with E-state index in [9.17, 15) is 4.79 Å². The summed E-state index contributed by atoms with van der Waals surface area (Å²) in [6.07, 6.45) is 0. The molecule has 5 heteroatoms. The molecule has 1 N–H and O–H groups in total. The van der Waals surface area contributed by atoms with Gasteiger partial charge in [0, 0.05) is 17.6 Å². The molecular weight excluding hydrogens is 344 g/mol. The third-order valence-corrected chi connectivity index (χ3v) is 4.31. The molecule has 26 heavy (non-hydrogen) atoms. The normalized spacial score (nSPS) is 10.3. The highest BCUT2D eigenvalue weighted by molar-refractivity contribution is 7.80. The van der Waals surface area contributed by atoms with Crippen molar-refractivity contribution in [2.24, 2.45) is 0 Å². The molecular formula is C21H20N2O2S. The zero-order valence-corrected chi connectivity index (χ0v) is 15.3. The van der Waals surface area contributed by atoms with Gasteiger partial charge < -0.3 is 9.64 Å². The average Bonchev–Trinajstić information content (AvgIpc) is 2.67. The Morgan fingerprint density at radius 3 is 2.46 bits per heavy atom. The lowest BCUT2D eigenvalue weighted by atomic mass is 10.1. The minimum absolute atomic E-state index is 0.0967. The number of nitrogens with one attached hydrogen (secondary N) is 1. The van der Waals surface area contributed by atoms with Crippen LogP contribution in [0.15, 0.2) is 72.8 Å². The number of anilines is 1. The van der Waals surface area contributed by atoms with Crippen LogP contribution in [0.2, 0.25) is 0 Å². The van der Waals surface area contributed by atoms with Crippen LogP contribution in [0.5, 0.6) is 5.75 Å². The van der Waals surface area contributed by atoms with Gasteiger partial charge in [0.2, 0.25) is 0 Å². The average molecular weight is 364 g/mol. The smallest absolute Gasteiger partial charge is 0.264 e. The van der Waals surface area contributed by atoms with Crippen molar-refractivity contribution in [3.05, 3.63) is 72.8 Å². The van der Waals surface area contributed by atoms with Gasteiger partial charge >= 0.3 is 0 Å². The number of carbonyl (C=O) groups is 1. The number of fused-ring (bicyclic) bond motifs is 1. The van der Waals surface area contributed by atoms with Crippen LogP contribution in [0, 0.1) is 0 Å². The van der Waals surface area contributed by atoms with Gasteiger partial charge in [-0.25, -0.2) is 0 Å². The van der Waals surface area contributed by atoms with E-state index in [1.807, 2.05) is 84.6 Å². The number of ether oxygens (including phenoxy) is 1. The SMILES string of the molecule is CCN(C(=S)NC(=O)COc1cccc2ccccc12)c1ccccc1. The molecule has 4 nitrogen and oxygen atoms in total. The maximum absolute atomic E-state index is 12.3. The fourth-order valence-electron chi connectivity index (χ4n) is 2.74.